The molecule has 0 aliphatic rings. The highest BCUT2D eigenvalue weighted by Gasteiger charge is 2.41. The van der Waals surface area contributed by atoms with Gasteiger partial charge in [-0.2, -0.15) is 13.2 Å². The van der Waals surface area contributed by atoms with E-state index in [2.05, 4.69) is 5.32 Å². The molecule has 0 saturated carbocycles. The van der Waals surface area contributed by atoms with Crippen molar-refractivity contribution in [1.82, 2.24) is 0 Å². The summed E-state index contributed by atoms with van der Waals surface area (Å²) in [5.41, 5.74) is -4.51. The van der Waals surface area contributed by atoms with E-state index in [9.17, 15) is 33.4 Å². The van der Waals surface area contributed by atoms with Crippen LogP contribution in [0.1, 0.15) is 12.5 Å². The largest absolute Gasteiger partial charge is 0.418 e. The first-order valence-electron chi connectivity index (χ1n) is 5.07. The molecule has 0 radical (unpaired) electrons. The maximum Gasteiger partial charge on any atom is 0.418 e. The lowest BCUT2D eigenvalue weighted by molar-refractivity contribution is -0.392. The van der Waals surface area contributed by atoms with Gasteiger partial charge in [-0.05, 0) is 6.92 Å². The fourth-order valence-corrected chi connectivity index (χ4v) is 1.83. The van der Waals surface area contributed by atoms with E-state index in [-0.39, 0.29) is 12.6 Å². The Bertz CT molecular complexity index is 577. The van der Waals surface area contributed by atoms with Gasteiger partial charge >= 0.3 is 11.9 Å². The smallest absolute Gasteiger partial charge is 0.374 e. The number of alkyl halides is 3. The van der Waals surface area contributed by atoms with E-state index >= 15 is 0 Å². The zero-order chi connectivity index (χ0) is 15.7. The average molecular weight is 314 g/mol. The van der Waals surface area contributed by atoms with Crippen LogP contribution in [-0.2, 0) is 6.18 Å². The molecule has 11 heteroatoms. The second-order valence-corrected chi connectivity index (χ2v) is 3.90. The number of anilines is 1. The first-order valence-corrected chi connectivity index (χ1v) is 5.45. The fraction of sp³-hybridized carbons (Fsp3) is 0.333. The van der Waals surface area contributed by atoms with E-state index < -0.39 is 43.7 Å². The molecule has 0 aliphatic heterocycles. The van der Waals surface area contributed by atoms with Gasteiger partial charge in [0.05, 0.1) is 15.4 Å². The van der Waals surface area contributed by atoms with Crippen LogP contribution in [0.2, 0.25) is 5.02 Å². The Labute approximate surface area is 114 Å². The number of hydrogen-bond acceptors (Lipinski definition) is 5. The molecule has 0 unspecified atom stereocenters. The highest BCUT2D eigenvalue weighted by molar-refractivity contribution is 6.34. The predicted molar refractivity (Wildman–Crippen MR) is 63.9 cm³/mol. The van der Waals surface area contributed by atoms with Crippen LogP contribution in [0.15, 0.2) is 6.07 Å². The van der Waals surface area contributed by atoms with Crippen LogP contribution in [0.25, 0.3) is 0 Å². The molecule has 0 fully saturated rings. The SMILES string of the molecule is CCNc1c([N+](=O)[O-])cc(C(F)(F)F)c(Cl)c1[N+](=O)[O-]. The predicted octanol–water partition coefficient (Wildman–Crippen LogP) is 3.61. The molecule has 7 nitrogen and oxygen atoms in total. The van der Waals surface area contributed by atoms with Gasteiger partial charge in [0, 0.05) is 12.6 Å². The molecule has 0 spiro atoms. The quantitative estimate of drug-likeness (QED) is 0.676. The van der Waals surface area contributed by atoms with Gasteiger partial charge < -0.3 is 5.32 Å². The highest BCUT2D eigenvalue weighted by Crippen LogP contribution is 2.47. The Morgan fingerprint density at radius 2 is 1.85 bits per heavy atom. The lowest BCUT2D eigenvalue weighted by Gasteiger charge is -2.12. The molecule has 110 valence electrons. The van der Waals surface area contributed by atoms with Crippen molar-refractivity contribution in [2.24, 2.45) is 0 Å². The summed E-state index contributed by atoms with van der Waals surface area (Å²) in [6.07, 6.45) is -5.04. The zero-order valence-electron chi connectivity index (χ0n) is 9.82. The van der Waals surface area contributed by atoms with Gasteiger partial charge in [-0.1, -0.05) is 11.6 Å². The number of rotatable bonds is 4. The van der Waals surface area contributed by atoms with Gasteiger partial charge in [0.25, 0.3) is 5.69 Å². The number of hydrogen-bond donors (Lipinski definition) is 1. The second kappa shape index (κ2) is 5.49. The molecule has 0 bridgehead atoms. The molecule has 1 aromatic rings. The summed E-state index contributed by atoms with van der Waals surface area (Å²) in [4.78, 5) is 19.3. The monoisotopic (exact) mass is 313 g/mol. The summed E-state index contributed by atoms with van der Waals surface area (Å²) < 4.78 is 38.1. The number of nitro groups is 2. The number of nitro benzene ring substituents is 2. The molecule has 0 amide bonds. The second-order valence-electron chi connectivity index (χ2n) is 3.52. The first-order chi connectivity index (χ1) is 9.11. The zero-order valence-corrected chi connectivity index (χ0v) is 10.6. The highest BCUT2D eigenvalue weighted by atomic mass is 35.5. The number of nitrogens with zero attached hydrogens (tertiary/aromatic N) is 2. The van der Waals surface area contributed by atoms with Crippen molar-refractivity contribution < 1.29 is 23.0 Å². The Kier molecular flexibility index (Phi) is 4.38. The van der Waals surface area contributed by atoms with Crippen LogP contribution in [0.5, 0.6) is 0 Å². The average Bonchev–Trinajstić information content (AvgIpc) is 2.26. The molecule has 1 rings (SSSR count). The van der Waals surface area contributed by atoms with E-state index in [0.717, 1.165) is 0 Å². The molecule has 1 N–H and O–H groups in total. The number of nitrogens with one attached hydrogen (secondary N) is 1. The van der Waals surface area contributed by atoms with Gasteiger partial charge in [0.2, 0.25) is 0 Å². The minimum atomic E-state index is -5.04. The molecule has 20 heavy (non-hydrogen) atoms. The molecule has 0 heterocycles. The van der Waals surface area contributed by atoms with Crippen molar-refractivity contribution in [2.75, 3.05) is 11.9 Å². The van der Waals surface area contributed by atoms with Crippen LogP contribution in [0.4, 0.5) is 30.2 Å². The summed E-state index contributed by atoms with van der Waals surface area (Å²) in [6.45, 7) is 1.50. The van der Waals surface area contributed by atoms with E-state index in [1.165, 1.54) is 6.92 Å². The summed E-state index contributed by atoms with van der Waals surface area (Å²) in [5, 5.41) is 22.8. The first kappa shape index (κ1) is 16.0. The van der Waals surface area contributed by atoms with Crippen LogP contribution in [-0.4, -0.2) is 16.4 Å². The Morgan fingerprint density at radius 3 is 2.20 bits per heavy atom. The maximum absolute atomic E-state index is 12.7. The number of halogens is 4. The van der Waals surface area contributed by atoms with Crippen molar-refractivity contribution in [3.05, 3.63) is 36.9 Å². The minimum absolute atomic E-state index is 0.0311. The third-order valence-electron chi connectivity index (χ3n) is 2.26. The molecule has 1 aromatic carbocycles. The molecule has 0 saturated heterocycles. The Hall–Kier alpha value is -2.10. The van der Waals surface area contributed by atoms with Crippen molar-refractivity contribution in [2.45, 2.75) is 13.1 Å². The van der Waals surface area contributed by atoms with Crippen molar-refractivity contribution in [3.63, 3.8) is 0 Å². The van der Waals surface area contributed by atoms with Gasteiger partial charge in [-0.3, -0.25) is 20.2 Å². The van der Waals surface area contributed by atoms with Gasteiger partial charge in [-0.15, -0.1) is 0 Å². The lowest BCUT2D eigenvalue weighted by atomic mass is 10.1. The summed E-state index contributed by atoms with van der Waals surface area (Å²) in [5.74, 6) is 0. The molecular weight excluding hydrogens is 307 g/mol. The van der Waals surface area contributed by atoms with Crippen LogP contribution >= 0.6 is 11.6 Å². The molecule has 0 atom stereocenters. The lowest BCUT2D eigenvalue weighted by Crippen LogP contribution is -2.12. The topological polar surface area (TPSA) is 98.3 Å². The van der Waals surface area contributed by atoms with Crippen LogP contribution in [0, 0.1) is 20.2 Å². The van der Waals surface area contributed by atoms with E-state index in [1.807, 2.05) is 0 Å². The van der Waals surface area contributed by atoms with Gasteiger partial charge in [0.1, 0.15) is 5.02 Å². The summed E-state index contributed by atoms with van der Waals surface area (Å²) in [7, 11) is 0. The number of benzene rings is 1. The minimum Gasteiger partial charge on any atom is -0.374 e. The maximum atomic E-state index is 12.7. The van der Waals surface area contributed by atoms with Crippen molar-refractivity contribution in [3.8, 4) is 0 Å². The van der Waals surface area contributed by atoms with E-state index in [4.69, 9.17) is 11.6 Å². The van der Waals surface area contributed by atoms with Gasteiger partial charge in [-0.25, -0.2) is 0 Å². The van der Waals surface area contributed by atoms with E-state index in [0.29, 0.717) is 0 Å². The fourth-order valence-electron chi connectivity index (χ4n) is 1.50. The molecule has 0 aliphatic carbocycles. The Balaban J connectivity index is 3.81. The molecular formula is C9H7ClF3N3O4. The summed E-state index contributed by atoms with van der Waals surface area (Å²) in [6, 6.07) is 0.174. The van der Waals surface area contributed by atoms with E-state index in [1.54, 1.807) is 0 Å². The van der Waals surface area contributed by atoms with Gasteiger partial charge in [0.15, 0.2) is 5.69 Å². The van der Waals surface area contributed by atoms with Crippen molar-refractivity contribution in [1.29, 1.82) is 0 Å². The third-order valence-corrected chi connectivity index (χ3v) is 2.64. The van der Waals surface area contributed by atoms with Crippen molar-refractivity contribution >= 4 is 28.7 Å². The summed E-state index contributed by atoms with van der Waals surface area (Å²) >= 11 is 5.38. The Morgan fingerprint density at radius 1 is 1.30 bits per heavy atom. The third kappa shape index (κ3) is 2.90. The normalized spacial score (nSPS) is 11.2. The van der Waals surface area contributed by atoms with Crippen LogP contribution < -0.4 is 5.32 Å². The molecule has 0 aromatic heterocycles. The van der Waals surface area contributed by atoms with Crippen LogP contribution in [0.3, 0.4) is 0 Å². The standard InChI is InChI=1S/C9H7ClF3N3O4/c1-2-14-7-5(15(17)18)3-4(9(11,12)13)6(10)8(7)16(19)20/h3,14H,2H2,1H3.